The van der Waals surface area contributed by atoms with Gasteiger partial charge in [0.25, 0.3) is 16.8 Å². The molecule has 0 aliphatic carbocycles. The number of ether oxygens (including phenoxy) is 3. The maximum absolute atomic E-state index is 13.1. The first-order valence-corrected chi connectivity index (χ1v) is 14.0. The van der Waals surface area contributed by atoms with Crippen molar-refractivity contribution in [3.8, 4) is 17.2 Å². The minimum atomic E-state index is -0.582. The lowest BCUT2D eigenvalue weighted by Gasteiger charge is -2.17. The maximum Gasteiger partial charge on any atom is 0.294 e. The summed E-state index contributed by atoms with van der Waals surface area (Å²) in [5.74, 6) is 0.423. The van der Waals surface area contributed by atoms with Gasteiger partial charge < -0.3 is 19.5 Å². The van der Waals surface area contributed by atoms with Gasteiger partial charge in [0.1, 0.15) is 18.9 Å². The van der Waals surface area contributed by atoms with Crippen LogP contribution in [0.3, 0.4) is 0 Å². The Kier molecular flexibility index (Phi) is 10.2. The SMILES string of the molecule is C=CCc1cc(/C=C2/SC(=O)N(CC(=O)Nc3ccc(OC)cc3)C2=O)cc(OCC)c1OCc1ccc([N+](=O)[O-])cc1. The topological polar surface area (TPSA) is 137 Å². The molecule has 4 rings (SSSR count). The largest absolute Gasteiger partial charge is 0.497 e. The molecule has 222 valence electrons. The fourth-order valence-corrected chi connectivity index (χ4v) is 5.01. The average molecular weight is 604 g/mol. The summed E-state index contributed by atoms with van der Waals surface area (Å²) in [7, 11) is 1.53. The first-order chi connectivity index (χ1) is 20.7. The second kappa shape index (κ2) is 14.2. The average Bonchev–Trinajstić information content (AvgIpc) is 3.24. The minimum absolute atomic E-state index is 0.0160. The Morgan fingerprint density at radius 3 is 2.44 bits per heavy atom. The summed E-state index contributed by atoms with van der Waals surface area (Å²) < 4.78 is 17.1. The summed E-state index contributed by atoms with van der Waals surface area (Å²) >= 11 is 0.745. The van der Waals surface area contributed by atoms with E-state index >= 15 is 0 Å². The van der Waals surface area contributed by atoms with Crippen molar-refractivity contribution in [2.24, 2.45) is 0 Å². The predicted molar refractivity (Wildman–Crippen MR) is 163 cm³/mol. The Morgan fingerprint density at radius 1 is 1.09 bits per heavy atom. The summed E-state index contributed by atoms with van der Waals surface area (Å²) in [5.41, 5.74) is 2.54. The molecule has 3 aromatic rings. The van der Waals surface area contributed by atoms with Gasteiger partial charge in [0.05, 0.1) is 23.5 Å². The fraction of sp³-hybridized carbons (Fsp3) is 0.194. The first kappa shape index (κ1) is 30.8. The van der Waals surface area contributed by atoms with E-state index in [4.69, 9.17) is 14.2 Å². The fourth-order valence-electron chi connectivity index (χ4n) is 4.18. The predicted octanol–water partition coefficient (Wildman–Crippen LogP) is 5.98. The van der Waals surface area contributed by atoms with Gasteiger partial charge in [-0.1, -0.05) is 6.08 Å². The van der Waals surface area contributed by atoms with Crippen molar-refractivity contribution in [3.63, 3.8) is 0 Å². The van der Waals surface area contributed by atoms with Crippen LogP contribution in [-0.2, 0) is 22.6 Å². The molecule has 1 fully saturated rings. The Labute approximate surface area is 252 Å². The lowest BCUT2D eigenvalue weighted by molar-refractivity contribution is -0.384. The molecule has 0 bridgehead atoms. The number of allylic oxidation sites excluding steroid dienone is 1. The normalized spacial score (nSPS) is 13.6. The van der Waals surface area contributed by atoms with Crippen molar-refractivity contribution >= 4 is 46.3 Å². The lowest BCUT2D eigenvalue weighted by atomic mass is 10.0. The van der Waals surface area contributed by atoms with Crippen LogP contribution in [0, 0.1) is 10.1 Å². The zero-order valence-electron chi connectivity index (χ0n) is 23.5. The Morgan fingerprint density at radius 2 is 1.81 bits per heavy atom. The number of thioether (sulfide) groups is 1. The van der Waals surface area contributed by atoms with Crippen molar-refractivity contribution < 1.29 is 33.5 Å². The first-order valence-electron chi connectivity index (χ1n) is 13.2. The van der Waals surface area contributed by atoms with Crippen molar-refractivity contribution in [1.82, 2.24) is 4.90 Å². The van der Waals surface area contributed by atoms with Gasteiger partial charge >= 0.3 is 0 Å². The molecule has 1 aliphatic heterocycles. The Hall–Kier alpha value is -5.10. The van der Waals surface area contributed by atoms with Crippen LogP contribution >= 0.6 is 11.8 Å². The number of imide groups is 1. The van der Waals surface area contributed by atoms with Gasteiger partial charge in [-0.15, -0.1) is 6.58 Å². The molecule has 0 radical (unpaired) electrons. The van der Waals surface area contributed by atoms with Crippen molar-refractivity contribution in [1.29, 1.82) is 0 Å². The number of non-ortho nitro benzene ring substituents is 1. The van der Waals surface area contributed by atoms with Gasteiger partial charge in [0, 0.05) is 23.4 Å². The number of carbonyl (C=O) groups excluding carboxylic acids is 3. The van der Waals surface area contributed by atoms with Crippen LogP contribution < -0.4 is 19.5 Å². The summed E-state index contributed by atoms with van der Waals surface area (Å²) in [6, 6.07) is 16.2. The van der Waals surface area contributed by atoms with Gasteiger partial charge in [-0.3, -0.25) is 29.4 Å². The number of nitrogens with one attached hydrogen (secondary N) is 1. The van der Waals surface area contributed by atoms with Crippen molar-refractivity contribution in [3.05, 3.63) is 105 Å². The molecule has 1 N–H and O–H groups in total. The number of nitro groups is 1. The molecular weight excluding hydrogens is 574 g/mol. The van der Waals surface area contributed by atoms with Crippen molar-refractivity contribution in [2.45, 2.75) is 20.0 Å². The van der Waals surface area contributed by atoms with E-state index in [0.29, 0.717) is 41.5 Å². The van der Waals surface area contributed by atoms with E-state index in [9.17, 15) is 24.5 Å². The highest BCUT2D eigenvalue weighted by molar-refractivity contribution is 8.18. The lowest BCUT2D eigenvalue weighted by Crippen LogP contribution is -2.36. The van der Waals surface area contributed by atoms with E-state index in [2.05, 4.69) is 11.9 Å². The number of anilines is 1. The second-order valence-corrected chi connectivity index (χ2v) is 10.2. The van der Waals surface area contributed by atoms with Gasteiger partial charge in [-0.25, -0.2) is 0 Å². The highest BCUT2D eigenvalue weighted by atomic mass is 32.2. The van der Waals surface area contributed by atoms with E-state index in [1.54, 1.807) is 60.7 Å². The van der Waals surface area contributed by atoms with Gasteiger partial charge in [0.2, 0.25) is 5.91 Å². The molecule has 1 heterocycles. The number of nitro benzene ring substituents is 1. The minimum Gasteiger partial charge on any atom is -0.497 e. The molecule has 0 saturated carbocycles. The summed E-state index contributed by atoms with van der Waals surface area (Å²) in [5, 5.41) is 13.1. The van der Waals surface area contributed by atoms with Gasteiger partial charge in [0.15, 0.2) is 11.5 Å². The smallest absolute Gasteiger partial charge is 0.294 e. The molecule has 12 heteroatoms. The standard InChI is InChI=1S/C31H29N3O8S/c1-4-6-22-15-21(16-26(41-5-2)29(22)42-19-20-7-11-24(12-8-20)34(38)39)17-27-30(36)33(31(37)43-27)18-28(35)32-23-9-13-25(40-3)14-10-23/h4,7-17H,1,5-6,18-19H2,2-3H3,(H,32,35)/b27-17+. The number of nitrogens with zero attached hydrogens (tertiary/aromatic N) is 2. The maximum atomic E-state index is 13.1. The van der Waals surface area contributed by atoms with Crippen LogP contribution in [0.2, 0.25) is 0 Å². The third-order valence-electron chi connectivity index (χ3n) is 6.20. The van der Waals surface area contributed by atoms with Crippen LogP contribution in [0.25, 0.3) is 6.08 Å². The zero-order chi connectivity index (χ0) is 30.9. The molecule has 0 spiro atoms. The van der Waals surface area contributed by atoms with E-state index in [1.165, 1.54) is 19.2 Å². The number of hydrogen-bond acceptors (Lipinski definition) is 9. The van der Waals surface area contributed by atoms with E-state index < -0.39 is 28.5 Å². The molecular formula is C31H29N3O8S. The molecule has 0 aromatic heterocycles. The highest BCUT2D eigenvalue weighted by Gasteiger charge is 2.36. The zero-order valence-corrected chi connectivity index (χ0v) is 24.3. The number of carbonyl (C=O) groups is 3. The van der Waals surface area contributed by atoms with Gasteiger partial charge in [-0.05, 0) is 90.8 Å². The van der Waals surface area contributed by atoms with Crippen LogP contribution in [0.1, 0.15) is 23.6 Å². The third-order valence-corrected chi connectivity index (χ3v) is 7.10. The molecule has 0 atom stereocenters. The summed E-state index contributed by atoms with van der Waals surface area (Å²) in [6.45, 7) is 5.68. The summed E-state index contributed by atoms with van der Waals surface area (Å²) in [6.07, 6.45) is 3.69. The molecule has 3 amide bonds. The van der Waals surface area contributed by atoms with E-state index in [0.717, 1.165) is 27.8 Å². The Bertz CT molecular complexity index is 1570. The van der Waals surface area contributed by atoms with Crippen LogP contribution in [0.4, 0.5) is 16.2 Å². The number of benzene rings is 3. The third kappa shape index (κ3) is 7.80. The Balaban J connectivity index is 1.52. The molecule has 11 nitrogen and oxygen atoms in total. The highest BCUT2D eigenvalue weighted by Crippen LogP contribution is 2.38. The van der Waals surface area contributed by atoms with Crippen LogP contribution in [0.5, 0.6) is 17.2 Å². The van der Waals surface area contributed by atoms with E-state index in [-0.39, 0.29) is 17.2 Å². The summed E-state index contributed by atoms with van der Waals surface area (Å²) in [4.78, 5) is 49.9. The molecule has 0 unspecified atom stereocenters. The quantitative estimate of drug-likeness (QED) is 0.108. The molecule has 43 heavy (non-hydrogen) atoms. The molecule has 1 saturated heterocycles. The van der Waals surface area contributed by atoms with E-state index in [1.807, 2.05) is 6.92 Å². The molecule has 1 aliphatic rings. The second-order valence-electron chi connectivity index (χ2n) is 9.19. The van der Waals surface area contributed by atoms with Crippen molar-refractivity contribution in [2.75, 3.05) is 25.6 Å². The monoisotopic (exact) mass is 603 g/mol. The van der Waals surface area contributed by atoms with Crippen LogP contribution in [-0.4, -0.2) is 47.1 Å². The number of rotatable bonds is 13. The van der Waals surface area contributed by atoms with Crippen LogP contribution in [0.15, 0.2) is 78.2 Å². The number of amides is 3. The number of methoxy groups -OCH3 is 1. The number of hydrogen-bond donors (Lipinski definition) is 1. The van der Waals surface area contributed by atoms with Gasteiger partial charge in [-0.2, -0.15) is 0 Å². The molecule has 3 aromatic carbocycles.